The zero-order valence-corrected chi connectivity index (χ0v) is 49.8. The van der Waals surface area contributed by atoms with Crippen molar-refractivity contribution in [3.05, 3.63) is 33.9 Å². The Morgan fingerprint density at radius 1 is 1.01 bits per heavy atom. The van der Waals surface area contributed by atoms with Crippen LogP contribution in [0.25, 0.3) is 11.0 Å². The van der Waals surface area contributed by atoms with E-state index in [2.05, 4.69) is 20.8 Å². The number of aromatic carboxylic acids is 1. The molecular formula is C54H86FN7O18S. The lowest BCUT2D eigenvalue weighted by molar-refractivity contribution is -0.316. The van der Waals surface area contributed by atoms with Gasteiger partial charge >= 0.3 is 11.9 Å². The first-order chi connectivity index (χ1) is 37.8. The summed E-state index contributed by atoms with van der Waals surface area (Å²) in [5.41, 5.74) is -6.55. The van der Waals surface area contributed by atoms with Crippen molar-refractivity contribution in [3.8, 4) is 6.07 Å². The Labute approximate surface area is 473 Å². The van der Waals surface area contributed by atoms with Gasteiger partial charge in [0, 0.05) is 69.7 Å². The number of methoxy groups -OCH3 is 1. The summed E-state index contributed by atoms with van der Waals surface area (Å²) < 4.78 is 88.0. The summed E-state index contributed by atoms with van der Waals surface area (Å²) in [5.74, 6) is -7.88. The van der Waals surface area contributed by atoms with E-state index in [4.69, 9.17) is 37.4 Å². The lowest BCUT2D eigenvalue weighted by atomic mass is 9.73. The molecule has 0 unspecified atom stereocenters. The summed E-state index contributed by atoms with van der Waals surface area (Å²) in [7, 11) is 0.674. The minimum absolute atomic E-state index is 0.0509. The molecule has 0 aromatic carbocycles. The number of likely N-dealkylation sites (N-methyl/N-ethyl adjacent to an activating group) is 1. The number of carbonyl (C=O) groups excluding carboxylic acids is 1. The van der Waals surface area contributed by atoms with Crippen LogP contribution >= 0.6 is 0 Å². The molecule has 0 spiro atoms. The van der Waals surface area contributed by atoms with Crippen LogP contribution in [0.5, 0.6) is 0 Å². The number of cyclic esters (lactones) is 1. The average Bonchev–Trinajstić information content (AvgIpc) is 3.54. The number of anilines is 1. The van der Waals surface area contributed by atoms with Gasteiger partial charge in [-0.15, -0.1) is 0 Å². The van der Waals surface area contributed by atoms with Gasteiger partial charge in [0.25, 0.3) is 10.1 Å². The number of hydrogen-bond acceptors (Lipinski definition) is 23. The second-order valence-electron chi connectivity index (χ2n) is 22.7. The van der Waals surface area contributed by atoms with E-state index in [1.807, 2.05) is 32.0 Å². The van der Waals surface area contributed by atoms with Crippen molar-refractivity contribution < 1.29 is 85.4 Å². The molecule has 3 saturated heterocycles. The highest BCUT2D eigenvalue weighted by molar-refractivity contribution is 7.86. The summed E-state index contributed by atoms with van der Waals surface area (Å²) in [6, 6.07) is 2.35. The first kappa shape index (κ1) is 67.3. The zero-order chi connectivity index (χ0) is 60.7. The van der Waals surface area contributed by atoms with Crippen molar-refractivity contribution in [2.45, 2.75) is 193 Å². The Morgan fingerprint density at radius 2 is 1.69 bits per heavy atom. The second kappa shape index (κ2) is 27.9. The minimum atomic E-state index is -4.32. The molecule has 18 atom stereocenters. The fraction of sp³-hybridized carbons (Fsp3) is 0.778. The molecule has 7 N–H and O–H groups in total. The van der Waals surface area contributed by atoms with Crippen LogP contribution in [0.4, 0.5) is 10.2 Å². The van der Waals surface area contributed by atoms with Gasteiger partial charge in [-0.2, -0.15) is 13.7 Å². The van der Waals surface area contributed by atoms with Crippen molar-refractivity contribution in [2.75, 3.05) is 58.5 Å². The smallest absolute Gasteiger partial charge is 0.341 e. The quantitative estimate of drug-likeness (QED) is 0.0434. The van der Waals surface area contributed by atoms with Crippen LogP contribution in [0, 0.1) is 40.8 Å². The Kier molecular flexibility index (Phi) is 23.2. The van der Waals surface area contributed by atoms with Gasteiger partial charge in [0.1, 0.15) is 41.2 Å². The number of halogens is 1. The monoisotopic (exact) mass is 1170 g/mol. The molecule has 0 aliphatic carbocycles. The Balaban J connectivity index is 1.40. The van der Waals surface area contributed by atoms with Crippen molar-refractivity contribution in [3.63, 3.8) is 0 Å². The molecule has 0 radical (unpaired) electrons. The maximum Gasteiger partial charge on any atom is 0.341 e. The Morgan fingerprint density at radius 3 is 2.30 bits per heavy atom. The molecule has 2 aromatic heterocycles. The first-order valence-corrected chi connectivity index (χ1v) is 29.1. The van der Waals surface area contributed by atoms with Gasteiger partial charge in [0.15, 0.2) is 24.2 Å². The Bertz CT molecular complexity index is 2730. The van der Waals surface area contributed by atoms with Gasteiger partial charge in [0.05, 0.1) is 64.5 Å². The molecule has 458 valence electrons. The van der Waals surface area contributed by atoms with Crippen LogP contribution in [-0.4, -0.2) is 204 Å². The topological polar surface area (TPSA) is 342 Å². The lowest BCUT2D eigenvalue weighted by Gasteiger charge is -2.49. The molecule has 0 saturated carbocycles. The van der Waals surface area contributed by atoms with Crippen LogP contribution in [-0.2, 0) is 58.9 Å². The summed E-state index contributed by atoms with van der Waals surface area (Å²) >= 11 is 0. The number of aryl methyl sites for hydroxylation is 1. The molecule has 0 bridgehead atoms. The number of aromatic nitrogens is 2. The summed E-state index contributed by atoms with van der Waals surface area (Å²) in [5, 5.41) is 77.2. The molecule has 0 amide bonds. The van der Waals surface area contributed by atoms with Crippen LogP contribution in [0.15, 0.2) is 22.2 Å². The van der Waals surface area contributed by atoms with Gasteiger partial charge in [-0.05, 0) is 87.9 Å². The van der Waals surface area contributed by atoms with E-state index >= 15 is 4.39 Å². The molecule has 5 rings (SSSR count). The summed E-state index contributed by atoms with van der Waals surface area (Å²) in [6.07, 6.45) is -10.7. The number of aliphatic hydroxyl groups is 4. The van der Waals surface area contributed by atoms with Crippen molar-refractivity contribution in [1.29, 1.82) is 5.26 Å². The number of pyridine rings is 2. The van der Waals surface area contributed by atoms with E-state index in [-0.39, 0.29) is 68.0 Å². The van der Waals surface area contributed by atoms with E-state index in [0.29, 0.717) is 6.42 Å². The molecule has 5 heterocycles. The molecular weight excluding hydrogens is 1090 g/mol. The van der Waals surface area contributed by atoms with E-state index in [1.165, 1.54) is 32.4 Å². The highest BCUT2D eigenvalue weighted by atomic mass is 32.2. The molecule has 25 nitrogen and oxygen atoms in total. The number of nitrogens with one attached hydrogen (secondary N) is 2. The predicted octanol–water partition coefficient (Wildman–Crippen LogP) is 2.74. The second-order valence-corrected chi connectivity index (χ2v) is 24.4. The van der Waals surface area contributed by atoms with Gasteiger partial charge in [-0.1, -0.05) is 32.9 Å². The fourth-order valence-electron chi connectivity index (χ4n) is 11.5. The molecule has 27 heteroatoms. The van der Waals surface area contributed by atoms with E-state index < -0.39 is 159 Å². The maximum atomic E-state index is 15.1. The van der Waals surface area contributed by atoms with Crippen molar-refractivity contribution >= 4 is 44.6 Å². The lowest BCUT2D eigenvalue weighted by Crippen LogP contribution is -2.61. The number of carbonyl (C=O) groups is 2. The van der Waals surface area contributed by atoms with Crippen molar-refractivity contribution in [2.24, 2.45) is 28.8 Å². The van der Waals surface area contributed by atoms with Gasteiger partial charge in [-0.25, -0.2) is 14.2 Å². The zero-order valence-electron chi connectivity index (χ0n) is 49.0. The number of rotatable bonds is 20. The van der Waals surface area contributed by atoms with E-state index in [1.54, 1.807) is 48.5 Å². The first-order valence-electron chi connectivity index (χ1n) is 27.5. The van der Waals surface area contributed by atoms with Crippen LogP contribution in [0.3, 0.4) is 0 Å². The number of nitrogens with zero attached hydrogens (tertiary/aromatic N) is 5. The Hall–Kier alpha value is -4.54. The largest absolute Gasteiger partial charge is 0.477 e. The normalized spacial score (nSPS) is 36.2. The van der Waals surface area contributed by atoms with Gasteiger partial charge < -0.3 is 78.9 Å². The number of hydrogen-bond donors (Lipinski definition) is 7. The van der Waals surface area contributed by atoms with Crippen LogP contribution in [0.2, 0.25) is 0 Å². The SMILES string of the molecule is CC[C@H]1OC(=O)[C@H](C)[C@@H](O[C@H]2C[C@@](C)(OC)[C@@H](OS(=O)(=O)CCNCCNc3nc4c(cc3F)c(=O)c(C(=O)O)cn4CC)[C@H](C)O2)[C@H](C)[C@@H](O[C@@H]2O[C@H](C)C[C@H](N(C)C)[C@H]2O)[C@](C)(O)C[C@@H](C)/C(=N\OCC#N)[C@H](C)[C@@H](O)[C@]1(C)O. The van der Waals surface area contributed by atoms with Crippen LogP contribution in [0.1, 0.15) is 112 Å². The number of carboxylic acids is 1. The highest BCUT2D eigenvalue weighted by Gasteiger charge is 2.54. The molecule has 3 aliphatic heterocycles. The number of oxime groups is 1. The van der Waals surface area contributed by atoms with E-state index in [9.17, 15) is 53.6 Å². The minimum Gasteiger partial charge on any atom is -0.477 e. The van der Waals surface area contributed by atoms with Crippen LogP contribution < -0.4 is 16.1 Å². The average molecular weight is 1170 g/mol. The number of ether oxygens (including phenoxy) is 6. The summed E-state index contributed by atoms with van der Waals surface area (Å²) in [4.78, 5) is 50.4. The van der Waals surface area contributed by atoms with E-state index in [0.717, 1.165) is 12.3 Å². The maximum absolute atomic E-state index is 15.1. The summed E-state index contributed by atoms with van der Waals surface area (Å²) in [6.45, 7) is 17.7. The fourth-order valence-corrected chi connectivity index (χ4v) is 12.7. The number of esters is 1. The predicted molar refractivity (Wildman–Crippen MR) is 293 cm³/mol. The number of nitriles is 1. The van der Waals surface area contributed by atoms with Crippen molar-refractivity contribution in [1.82, 2.24) is 19.8 Å². The number of carboxylic acid groups (broad SMARTS) is 1. The number of fused-ring (bicyclic) bond motifs is 1. The highest BCUT2D eigenvalue weighted by Crippen LogP contribution is 2.42. The third-order valence-electron chi connectivity index (χ3n) is 16.1. The molecule has 81 heavy (non-hydrogen) atoms. The third kappa shape index (κ3) is 15.8. The third-order valence-corrected chi connectivity index (χ3v) is 17.3. The number of aliphatic hydroxyl groups excluding tert-OH is 2. The molecule has 2 aromatic rings. The van der Waals surface area contributed by atoms with Gasteiger partial charge in [0.2, 0.25) is 12.0 Å². The molecule has 3 fully saturated rings. The standard InChI is InChI=1S/C54H86FN7O18S/c1-15-38-54(11,70)44(65)30(5)40(60-74-21-17-56)28(3)25-52(9,69)45(79-51-42(64)37(61(12)13)23-29(4)75-51)31(6)43(32(7)50(68)77-38)78-39-26-53(10,73-14)46(33(8)76-39)80-81(71,72)22-20-57-18-19-58-47-36(55)24-34-41(63)35(49(66)67)27-62(16-2)48(34)59-47/h24,27-33,37-39,42-46,51,57,64-65,69-70H,15-16,18-23,25-26H2,1-14H3,(H,58,59)(H,66,67)/b60-40+/t28-,29-,30+,31+,32-,33+,37+,38-,39+,42-,43+,44-,45-,46+,51+,52-,53-,54-/m1/s1. The molecule has 3 aliphatic rings. The van der Waals surface area contributed by atoms with Gasteiger partial charge in [-0.3, -0.25) is 13.8 Å².